The Morgan fingerprint density at radius 2 is 1.83 bits per heavy atom. The second-order valence-corrected chi connectivity index (χ2v) is 7.15. The zero-order valence-corrected chi connectivity index (χ0v) is 16.1. The van der Waals surface area contributed by atoms with Crippen LogP contribution in [0, 0.1) is 17.1 Å². The number of hydrogen-bond donors (Lipinski definition) is 2. The van der Waals surface area contributed by atoms with Crippen molar-refractivity contribution in [2.75, 3.05) is 31.1 Å². The second-order valence-electron chi connectivity index (χ2n) is 7.15. The zero-order chi connectivity index (χ0) is 20.4. The molecule has 1 aliphatic rings. The van der Waals surface area contributed by atoms with Gasteiger partial charge in [0.05, 0.1) is 17.1 Å². The molecule has 0 unspecified atom stereocenters. The van der Waals surface area contributed by atoms with Crippen LogP contribution in [0.3, 0.4) is 0 Å². The van der Waals surface area contributed by atoms with Gasteiger partial charge in [0.1, 0.15) is 23.2 Å². The molecule has 0 aliphatic carbocycles. The monoisotopic (exact) mass is 391 g/mol. The smallest absolute Gasteiger partial charge is 0.152 e. The van der Waals surface area contributed by atoms with Gasteiger partial charge in [-0.25, -0.2) is 9.37 Å². The van der Waals surface area contributed by atoms with Gasteiger partial charge in [0.25, 0.3) is 0 Å². The quantitative estimate of drug-likeness (QED) is 0.524. The van der Waals surface area contributed by atoms with Gasteiger partial charge in [-0.2, -0.15) is 5.26 Å². The molecule has 0 amide bonds. The molecule has 1 saturated heterocycles. The number of benzene rings is 2. The topological polar surface area (TPSA) is 79.2 Å². The van der Waals surface area contributed by atoms with Crippen molar-refractivity contribution in [1.82, 2.24) is 14.9 Å². The van der Waals surface area contributed by atoms with Gasteiger partial charge in [-0.3, -0.25) is 4.90 Å². The second kappa shape index (κ2) is 7.94. The predicted molar refractivity (Wildman–Crippen MR) is 111 cm³/mol. The lowest BCUT2D eigenvalue weighted by Crippen LogP contribution is -2.50. The molecule has 3 aromatic rings. The van der Waals surface area contributed by atoms with E-state index in [9.17, 15) is 14.8 Å². The third-order valence-corrected chi connectivity index (χ3v) is 5.44. The highest BCUT2D eigenvalue weighted by Crippen LogP contribution is 2.24. The van der Waals surface area contributed by atoms with E-state index in [0.29, 0.717) is 5.82 Å². The van der Waals surface area contributed by atoms with Crippen molar-refractivity contribution in [2.24, 2.45) is 0 Å². The molecule has 6 nitrogen and oxygen atoms in total. The number of nitrogens with zero attached hydrogens (tertiary/aromatic N) is 4. The van der Waals surface area contributed by atoms with Crippen molar-refractivity contribution in [3.05, 3.63) is 65.9 Å². The average molecular weight is 391 g/mol. The minimum atomic E-state index is -0.312. The van der Waals surface area contributed by atoms with Gasteiger partial charge in [-0.15, -0.1) is 0 Å². The number of H-pyrrole nitrogens is 1. The zero-order valence-electron chi connectivity index (χ0n) is 16.1. The number of aromatic amines is 1. The maximum Gasteiger partial charge on any atom is 0.152 e. The molecule has 2 N–H and O–H groups in total. The molecule has 29 heavy (non-hydrogen) atoms. The molecule has 1 aliphatic heterocycles. The standard InChI is InChI=1S/C22H22FN5O/c1-15(27-10-12-28(13-11-27)17-8-6-16(23)7-9-17)21(29)18(14-24)22-25-19-4-2-3-5-20(19)26-22/h2-9,15,29H,10-13H2,1H3,(H,25,26)/b21-18-/t15-/m1/s1. The number of aromatic nitrogens is 2. The number of aliphatic hydroxyl groups excluding tert-OH is 1. The first kappa shape index (κ1) is 19.0. The highest BCUT2D eigenvalue weighted by molar-refractivity contribution is 5.83. The van der Waals surface area contributed by atoms with Crippen molar-refractivity contribution in [2.45, 2.75) is 13.0 Å². The summed E-state index contributed by atoms with van der Waals surface area (Å²) >= 11 is 0. The maximum absolute atomic E-state index is 13.1. The van der Waals surface area contributed by atoms with Crippen LogP contribution in [-0.4, -0.2) is 52.2 Å². The summed E-state index contributed by atoms with van der Waals surface area (Å²) in [6.07, 6.45) is 0. The number of piperazine rings is 1. The molecule has 148 valence electrons. The summed E-state index contributed by atoms with van der Waals surface area (Å²) in [6, 6.07) is 15.8. The van der Waals surface area contributed by atoms with Gasteiger partial charge in [-0.05, 0) is 43.3 Å². The van der Waals surface area contributed by atoms with Crippen LogP contribution in [0.25, 0.3) is 16.6 Å². The normalized spacial score (nSPS) is 17.1. The summed E-state index contributed by atoms with van der Waals surface area (Å²) in [5.41, 5.74) is 2.72. The number of para-hydroxylation sites is 2. The van der Waals surface area contributed by atoms with Crippen molar-refractivity contribution in [1.29, 1.82) is 5.26 Å². The fourth-order valence-electron chi connectivity index (χ4n) is 3.70. The first-order valence-corrected chi connectivity index (χ1v) is 9.59. The van der Waals surface area contributed by atoms with Crippen LogP contribution in [0.1, 0.15) is 12.7 Å². The van der Waals surface area contributed by atoms with Crippen LogP contribution in [0.2, 0.25) is 0 Å². The van der Waals surface area contributed by atoms with Gasteiger partial charge in [0.15, 0.2) is 5.82 Å². The van der Waals surface area contributed by atoms with E-state index < -0.39 is 0 Å². The Morgan fingerprint density at radius 3 is 2.48 bits per heavy atom. The van der Waals surface area contributed by atoms with E-state index in [1.54, 1.807) is 12.1 Å². The Hall–Kier alpha value is -3.37. The van der Waals surface area contributed by atoms with E-state index in [4.69, 9.17) is 0 Å². The fourth-order valence-corrected chi connectivity index (χ4v) is 3.70. The lowest BCUT2D eigenvalue weighted by molar-refractivity contribution is 0.178. The molecule has 1 aromatic heterocycles. The Kier molecular flexibility index (Phi) is 5.19. The fraction of sp³-hybridized carbons (Fsp3) is 0.273. The van der Waals surface area contributed by atoms with Crippen LogP contribution in [-0.2, 0) is 0 Å². The first-order chi connectivity index (χ1) is 14.1. The van der Waals surface area contributed by atoms with Crippen LogP contribution < -0.4 is 4.90 Å². The number of halogens is 1. The molecule has 0 radical (unpaired) electrons. The minimum absolute atomic E-state index is 0.0155. The SMILES string of the molecule is C[C@H](/C(O)=C(\C#N)c1nc2ccccc2[nH]1)N1CCN(c2ccc(F)cc2)CC1. The van der Waals surface area contributed by atoms with Crippen LogP contribution in [0.4, 0.5) is 10.1 Å². The Morgan fingerprint density at radius 1 is 1.14 bits per heavy atom. The van der Waals surface area contributed by atoms with Gasteiger partial charge in [0, 0.05) is 31.9 Å². The van der Waals surface area contributed by atoms with E-state index in [0.717, 1.165) is 42.9 Å². The average Bonchev–Trinajstić information content (AvgIpc) is 3.18. The number of rotatable bonds is 4. The number of imidazole rings is 1. The molecule has 4 rings (SSSR count). The van der Waals surface area contributed by atoms with E-state index in [-0.39, 0.29) is 23.2 Å². The molecule has 1 fully saturated rings. The number of aliphatic hydroxyl groups is 1. The van der Waals surface area contributed by atoms with Gasteiger partial charge in [-0.1, -0.05) is 12.1 Å². The number of allylic oxidation sites excluding steroid dienone is 1. The van der Waals surface area contributed by atoms with Gasteiger partial charge < -0.3 is 15.0 Å². The largest absolute Gasteiger partial charge is 0.509 e. The van der Waals surface area contributed by atoms with Crippen LogP contribution in [0.15, 0.2) is 54.3 Å². The van der Waals surface area contributed by atoms with E-state index in [1.165, 1.54) is 12.1 Å². The highest BCUT2D eigenvalue weighted by Gasteiger charge is 2.26. The number of anilines is 1. The van der Waals surface area contributed by atoms with Crippen molar-refractivity contribution in [3.8, 4) is 6.07 Å². The molecule has 2 aromatic carbocycles. The molecule has 7 heteroatoms. The van der Waals surface area contributed by atoms with E-state index in [1.807, 2.05) is 31.2 Å². The maximum atomic E-state index is 13.1. The third-order valence-electron chi connectivity index (χ3n) is 5.44. The highest BCUT2D eigenvalue weighted by atomic mass is 19.1. The Balaban J connectivity index is 1.50. The molecular weight excluding hydrogens is 369 g/mol. The van der Waals surface area contributed by atoms with Crippen molar-refractivity contribution in [3.63, 3.8) is 0 Å². The number of nitrogens with one attached hydrogen (secondary N) is 1. The van der Waals surface area contributed by atoms with E-state index >= 15 is 0 Å². The lowest BCUT2D eigenvalue weighted by atomic mass is 10.1. The molecule has 0 spiro atoms. The first-order valence-electron chi connectivity index (χ1n) is 9.59. The van der Waals surface area contributed by atoms with Crippen molar-refractivity contribution >= 4 is 22.3 Å². The summed E-state index contributed by atoms with van der Waals surface area (Å²) in [5.74, 6) is 0.149. The summed E-state index contributed by atoms with van der Waals surface area (Å²) < 4.78 is 13.1. The number of fused-ring (bicyclic) bond motifs is 1. The van der Waals surface area contributed by atoms with Crippen LogP contribution in [0.5, 0.6) is 0 Å². The van der Waals surface area contributed by atoms with Crippen molar-refractivity contribution < 1.29 is 9.50 Å². The predicted octanol–water partition coefficient (Wildman–Crippen LogP) is 3.71. The van der Waals surface area contributed by atoms with E-state index in [2.05, 4.69) is 25.8 Å². The Bertz CT molecular complexity index is 1040. The number of nitriles is 1. The van der Waals surface area contributed by atoms with Gasteiger partial charge in [0.2, 0.25) is 0 Å². The summed E-state index contributed by atoms with van der Waals surface area (Å²) in [6.45, 7) is 4.86. The molecule has 0 bridgehead atoms. The summed E-state index contributed by atoms with van der Waals surface area (Å²) in [7, 11) is 0. The molecule has 0 saturated carbocycles. The third kappa shape index (κ3) is 3.80. The summed E-state index contributed by atoms with van der Waals surface area (Å²) in [4.78, 5) is 11.9. The minimum Gasteiger partial charge on any atom is -0.509 e. The molecule has 2 heterocycles. The Labute approximate surface area is 168 Å². The molecule has 1 atom stereocenters. The lowest BCUT2D eigenvalue weighted by Gasteiger charge is -2.39. The summed E-state index contributed by atoms with van der Waals surface area (Å²) in [5, 5.41) is 20.5. The van der Waals surface area contributed by atoms with Crippen LogP contribution >= 0.6 is 0 Å². The van der Waals surface area contributed by atoms with Gasteiger partial charge >= 0.3 is 0 Å². The number of hydrogen-bond acceptors (Lipinski definition) is 5. The molecular formula is C22H22FN5O.